The van der Waals surface area contributed by atoms with Gasteiger partial charge in [0.15, 0.2) is 0 Å². The van der Waals surface area contributed by atoms with Crippen LogP contribution in [0.15, 0.2) is 16.6 Å². The number of carbonyl (C=O) groups excluding carboxylic acids is 1. The number of benzene rings is 1. The van der Waals surface area contributed by atoms with E-state index in [1.165, 1.54) is 16.7 Å². The predicted octanol–water partition coefficient (Wildman–Crippen LogP) is 3.96. The molecule has 1 atom stereocenters. The number of ketones is 1. The second-order valence-electron chi connectivity index (χ2n) is 3.83. The van der Waals surface area contributed by atoms with E-state index < -0.39 is 0 Å². The van der Waals surface area contributed by atoms with Crippen LogP contribution in [-0.2, 0) is 11.2 Å². The second kappa shape index (κ2) is 5.26. The quantitative estimate of drug-likeness (QED) is 0.765. The van der Waals surface area contributed by atoms with Crippen molar-refractivity contribution in [3.05, 3.63) is 33.3 Å². The molecule has 1 nitrogen and oxygen atoms in total. The predicted molar refractivity (Wildman–Crippen MR) is 70.7 cm³/mol. The lowest BCUT2D eigenvalue weighted by molar-refractivity contribution is -0.116. The summed E-state index contributed by atoms with van der Waals surface area (Å²) in [6.07, 6.45) is 0.754. The third kappa shape index (κ3) is 3.42. The van der Waals surface area contributed by atoms with E-state index in [-0.39, 0.29) is 10.6 Å². The van der Waals surface area contributed by atoms with Gasteiger partial charge >= 0.3 is 0 Å². The molecular weight excluding hydrogens is 320 g/mol. The van der Waals surface area contributed by atoms with Gasteiger partial charge in [-0.1, -0.05) is 44.0 Å². The second-order valence-corrected chi connectivity index (χ2v) is 5.72. The third-order valence-corrected chi connectivity index (χ3v) is 4.57. The molecule has 0 saturated heterocycles. The lowest BCUT2D eigenvalue weighted by atomic mass is 10.0. The van der Waals surface area contributed by atoms with Crippen LogP contribution in [0, 0.1) is 13.8 Å². The fraction of sp³-hybridized carbons (Fsp3) is 0.417. The molecule has 0 N–H and O–H groups in total. The highest BCUT2D eigenvalue weighted by molar-refractivity contribution is 9.10. The molecule has 82 valence electrons. The number of halogens is 2. The zero-order valence-electron chi connectivity index (χ0n) is 9.10. The van der Waals surface area contributed by atoms with Gasteiger partial charge in [0.1, 0.15) is 5.78 Å². The van der Waals surface area contributed by atoms with Gasteiger partial charge in [-0.2, -0.15) is 0 Å². The molecule has 0 bridgehead atoms. The highest BCUT2D eigenvalue weighted by atomic mass is 79.9. The Morgan fingerprint density at radius 2 is 1.80 bits per heavy atom. The largest absolute Gasteiger partial charge is 0.299 e. The molecule has 1 aromatic carbocycles. The zero-order valence-corrected chi connectivity index (χ0v) is 12.3. The summed E-state index contributed by atoms with van der Waals surface area (Å²) in [6.45, 7) is 5.74. The van der Waals surface area contributed by atoms with Gasteiger partial charge in [-0.15, -0.1) is 0 Å². The Kier molecular flexibility index (Phi) is 4.53. The summed E-state index contributed by atoms with van der Waals surface area (Å²) in [7, 11) is 0. The first-order chi connectivity index (χ1) is 6.91. The van der Waals surface area contributed by atoms with Crippen molar-refractivity contribution < 1.29 is 4.79 Å². The topological polar surface area (TPSA) is 17.1 Å². The van der Waals surface area contributed by atoms with Crippen molar-refractivity contribution in [2.45, 2.75) is 32.0 Å². The van der Waals surface area contributed by atoms with Crippen LogP contribution in [0.5, 0.6) is 0 Å². The molecule has 3 heteroatoms. The number of Topliss-reactive ketones (excluding diaryl/α,β-unsaturated/α-hetero) is 1. The lowest BCUT2D eigenvalue weighted by Crippen LogP contribution is -2.12. The SMILES string of the molecule is CC(=O)C(Br)Cc1cc(C)c(Br)c(C)c1. The molecule has 0 aliphatic rings. The molecule has 1 unspecified atom stereocenters. The molecule has 0 saturated carbocycles. The van der Waals surface area contributed by atoms with Crippen LogP contribution in [0.25, 0.3) is 0 Å². The Labute approximate surface area is 108 Å². The van der Waals surface area contributed by atoms with Crippen LogP contribution in [0.3, 0.4) is 0 Å². The van der Waals surface area contributed by atoms with Crippen LogP contribution in [0.1, 0.15) is 23.6 Å². The standard InChI is InChI=1S/C12H14Br2O/c1-7-4-10(5-8(2)12(7)14)6-11(13)9(3)15/h4-5,11H,6H2,1-3H3. The lowest BCUT2D eigenvalue weighted by Gasteiger charge is -2.10. The summed E-state index contributed by atoms with van der Waals surface area (Å²) in [5.41, 5.74) is 3.63. The maximum atomic E-state index is 11.1. The van der Waals surface area contributed by atoms with Crippen molar-refractivity contribution in [3.8, 4) is 0 Å². The molecule has 0 fully saturated rings. The molecule has 0 radical (unpaired) electrons. The molecule has 0 aliphatic heterocycles. The smallest absolute Gasteiger partial charge is 0.143 e. The normalized spacial score (nSPS) is 12.6. The number of hydrogen-bond donors (Lipinski definition) is 0. The van der Waals surface area contributed by atoms with Gasteiger partial charge in [0.25, 0.3) is 0 Å². The first kappa shape index (κ1) is 12.9. The molecule has 0 aliphatic carbocycles. The van der Waals surface area contributed by atoms with Gasteiger partial charge in [-0.3, -0.25) is 4.79 Å². The Morgan fingerprint density at radius 3 is 2.20 bits per heavy atom. The zero-order chi connectivity index (χ0) is 11.6. The van der Waals surface area contributed by atoms with Gasteiger partial charge in [-0.05, 0) is 43.9 Å². The van der Waals surface area contributed by atoms with Crippen LogP contribution < -0.4 is 0 Å². The molecule has 0 heterocycles. The number of hydrogen-bond acceptors (Lipinski definition) is 1. The van der Waals surface area contributed by atoms with Gasteiger partial charge in [-0.25, -0.2) is 0 Å². The Hall–Kier alpha value is -0.150. The van der Waals surface area contributed by atoms with Crippen molar-refractivity contribution in [1.29, 1.82) is 0 Å². The van der Waals surface area contributed by atoms with Crippen LogP contribution in [0.4, 0.5) is 0 Å². The maximum absolute atomic E-state index is 11.1. The van der Waals surface area contributed by atoms with E-state index in [1.807, 2.05) is 0 Å². The summed E-state index contributed by atoms with van der Waals surface area (Å²) in [6, 6.07) is 4.24. The summed E-state index contributed by atoms with van der Waals surface area (Å²) in [4.78, 5) is 11.1. The fourth-order valence-corrected chi connectivity index (χ4v) is 2.11. The molecule has 1 rings (SSSR count). The maximum Gasteiger partial charge on any atom is 0.143 e. The van der Waals surface area contributed by atoms with Crippen molar-refractivity contribution in [2.75, 3.05) is 0 Å². The summed E-state index contributed by atoms with van der Waals surface area (Å²) in [5.74, 6) is 0.174. The van der Waals surface area contributed by atoms with Crippen molar-refractivity contribution in [1.82, 2.24) is 0 Å². The first-order valence-electron chi connectivity index (χ1n) is 4.82. The number of aryl methyl sites for hydroxylation is 2. The Morgan fingerprint density at radius 1 is 1.33 bits per heavy atom. The first-order valence-corrected chi connectivity index (χ1v) is 6.53. The van der Waals surface area contributed by atoms with Gasteiger partial charge in [0.05, 0.1) is 4.83 Å². The molecule has 0 amide bonds. The van der Waals surface area contributed by atoms with E-state index in [0.29, 0.717) is 0 Å². The Balaban J connectivity index is 2.92. The average molecular weight is 334 g/mol. The fourth-order valence-electron chi connectivity index (χ4n) is 1.50. The van der Waals surface area contributed by atoms with Crippen molar-refractivity contribution in [2.24, 2.45) is 0 Å². The van der Waals surface area contributed by atoms with Crippen LogP contribution in [-0.4, -0.2) is 10.6 Å². The summed E-state index contributed by atoms with van der Waals surface area (Å²) >= 11 is 6.92. The minimum Gasteiger partial charge on any atom is -0.299 e. The van der Waals surface area contributed by atoms with Crippen LogP contribution in [0.2, 0.25) is 0 Å². The molecule has 0 aromatic heterocycles. The summed E-state index contributed by atoms with van der Waals surface area (Å²) < 4.78 is 1.15. The van der Waals surface area contributed by atoms with E-state index in [9.17, 15) is 4.79 Å². The molecule has 0 spiro atoms. The van der Waals surface area contributed by atoms with E-state index in [0.717, 1.165) is 10.9 Å². The summed E-state index contributed by atoms with van der Waals surface area (Å²) in [5, 5.41) is 0. The van der Waals surface area contributed by atoms with Gasteiger partial charge in [0, 0.05) is 4.47 Å². The van der Waals surface area contributed by atoms with Gasteiger partial charge < -0.3 is 0 Å². The van der Waals surface area contributed by atoms with E-state index in [2.05, 4.69) is 57.8 Å². The molecule has 1 aromatic rings. The monoisotopic (exact) mass is 332 g/mol. The van der Waals surface area contributed by atoms with Crippen molar-refractivity contribution in [3.63, 3.8) is 0 Å². The van der Waals surface area contributed by atoms with E-state index in [1.54, 1.807) is 6.92 Å². The minimum atomic E-state index is -0.0718. The third-order valence-electron chi connectivity index (χ3n) is 2.35. The molecule has 15 heavy (non-hydrogen) atoms. The van der Waals surface area contributed by atoms with E-state index in [4.69, 9.17) is 0 Å². The Bertz CT molecular complexity index is 362. The average Bonchev–Trinajstić information content (AvgIpc) is 2.13. The number of carbonyl (C=O) groups is 1. The van der Waals surface area contributed by atoms with Crippen molar-refractivity contribution >= 4 is 37.6 Å². The van der Waals surface area contributed by atoms with Crippen LogP contribution >= 0.6 is 31.9 Å². The highest BCUT2D eigenvalue weighted by Crippen LogP contribution is 2.24. The minimum absolute atomic E-state index is 0.0718. The highest BCUT2D eigenvalue weighted by Gasteiger charge is 2.11. The van der Waals surface area contributed by atoms with E-state index >= 15 is 0 Å². The van der Waals surface area contributed by atoms with Gasteiger partial charge in [0.2, 0.25) is 0 Å². The molecular formula is C12H14Br2O. The number of rotatable bonds is 3. The number of alkyl halides is 1.